The summed E-state index contributed by atoms with van der Waals surface area (Å²) >= 11 is 5.15. The first kappa shape index (κ1) is 9.03. The number of hydrogen-bond acceptors (Lipinski definition) is 2. The molecule has 70 valence electrons. The Morgan fingerprint density at radius 1 is 1.07 bits per heavy atom. The quantitative estimate of drug-likeness (QED) is 0.667. The number of fused-ring (bicyclic) bond motifs is 1. The summed E-state index contributed by atoms with van der Waals surface area (Å²) in [6.45, 7) is 0. The second-order valence-electron chi connectivity index (χ2n) is 2.82. The van der Waals surface area contributed by atoms with Gasteiger partial charge in [-0.05, 0) is 11.5 Å². The van der Waals surface area contributed by atoms with Gasteiger partial charge in [0.2, 0.25) is 0 Å². The summed E-state index contributed by atoms with van der Waals surface area (Å²) in [5.74, 6) is 0.489. The van der Waals surface area contributed by atoms with Crippen LogP contribution < -0.4 is 4.74 Å². The van der Waals surface area contributed by atoms with Crippen molar-refractivity contribution in [1.82, 2.24) is 0 Å². The standard InChI is InChI=1S/C11H7ClO2/c12-11(13)14-10-7-3-5-8-4-1-2-6-9(8)10/h1-7H. The van der Waals surface area contributed by atoms with Crippen LogP contribution in [0.4, 0.5) is 4.79 Å². The normalized spacial score (nSPS) is 10.1. The monoisotopic (exact) mass is 206 g/mol. The highest BCUT2D eigenvalue weighted by Crippen LogP contribution is 2.25. The summed E-state index contributed by atoms with van der Waals surface area (Å²) in [7, 11) is 0. The van der Waals surface area contributed by atoms with E-state index in [4.69, 9.17) is 16.3 Å². The molecule has 0 radical (unpaired) electrons. The van der Waals surface area contributed by atoms with Crippen molar-refractivity contribution in [3.8, 4) is 5.75 Å². The van der Waals surface area contributed by atoms with E-state index in [9.17, 15) is 4.79 Å². The first-order valence-corrected chi connectivity index (χ1v) is 4.50. The molecule has 0 aliphatic carbocycles. The number of ether oxygens (including phenoxy) is 1. The van der Waals surface area contributed by atoms with E-state index in [0.717, 1.165) is 10.8 Å². The minimum absolute atomic E-state index is 0.489. The molecule has 0 saturated heterocycles. The van der Waals surface area contributed by atoms with Crippen LogP contribution in [0.1, 0.15) is 0 Å². The minimum atomic E-state index is -0.818. The molecule has 0 aliphatic heterocycles. The van der Waals surface area contributed by atoms with Gasteiger partial charge in [0.15, 0.2) is 0 Å². The zero-order chi connectivity index (χ0) is 9.97. The van der Waals surface area contributed by atoms with Crippen molar-refractivity contribution in [3.63, 3.8) is 0 Å². The third-order valence-corrected chi connectivity index (χ3v) is 2.02. The van der Waals surface area contributed by atoms with Crippen LogP contribution in [0.5, 0.6) is 5.75 Å². The zero-order valence-electron chi connectivity index (χ0n) is 7.24. The van der Waals surface area contributed by atoms with Gasteiger partial charge in [0.05, 0.1) is 0 Å². The third-order valence-electron chi connectivity index (χ3n) is 1.94. The first-order chi connectivity index (χ1) is 6.77. The van der Waals surface area contributed by atoms with Crippen molar-refractivity contribution in [2.75, 3.05) is 0 Å². The highest BCUT2D eigenvalue weighted by molar-refractivity contribution is 6.61. The second kappa shape index (κ2) is 3.68. The molecule has 0 aromatic heterocycles. The fourth-order valence-corrected chi connectivity index (χ4v) is 1.45. The Bertz CT molecular complexity index is 474. The average molecular weight is 207 g/mol. The van der Waals surface area contributed by atoms with E-state index in [0.29, 0.717) is 5.75 Å². The van der Waals surface area contributed by atoms with Gasteiger partial charge in [0, 0.05) is 17.0 Å². The molecule has 0 unspecified atom stereocenters. The van der Waals surface area contributed by atoms with Gasteiger partial charge in [-0.2, -0.15) is 0 Å². The summed E-state index contributed by atoms with van der Waals surface area (Å²) in [6, 6.07) is 13.1. The van der Waals surface area contributed by atoms with Crippen LogP contribution in [-0.4, -0.2) is 5.43 Å². The zero-order valence-corrected chi connectivity index (χ0v) is 7.99. The summed E-state index contributed by atoms with van der Waals surface area (Å²) < 4.78 is 4.85. The van der Waals surface area contributed by atoms with Gasteiger partial charge in [-0.3, -0.25) is 0 Å². The van der Waals surface area contributed by atoms with Gasteiger partial charge in [0.1, 0.15) is 5.75 Å². The maximum atomic E-state index is 10.6. The van der Waals surface area contributed by atoms with Crippen molar-refractivity contribution in [2.45, 2.75) is 0 Å². The number of carbonyl (C=O) groups excluding carboxylic acids is 1. The topological polar surface area (TPSA) is 26.3 Å². The van der Waals surface area contributed by atoms with Crippen molar-refractivity contribution < 1.29 is 9.53 Å². The lowest BCUT2D eigenvalue weighted by Gasteiger charge is -2.03. The minimum Gasteiger partial charge on any atom is -0.414 e. The van der Waals surface area contributed by atoms with Crippen molar-refractivity contribution in [1.29, 1.82) is 0 Å². The lowest BCUT2D eigenvalue weighted by molar-refractivity contribution is 0.226. The molecule has 2 nitrogen and oxygen atoms in total. The van der Waals surface area contributed by atoms with Crippen LogP contribution in [-0.2, 0) is 0 Å². The van der Waals surface area contributed by atoms with E-state index >= 15 is 0 Å². The summed E-state index contributed by atoms with van der Waals surface area (Å²) in [6.07, 6.45) is 0. The van der Waals surface area contributed by atoms with Crippen LogP contribution in [0.3, 0.4) is 0 Å². The van der Waals surface area contributed by atoms with Crippen LogP contribution in [0.25, 0.3) is 10.8 Å². The molecule has 0 atom stereocenters. The predicted molar refractivity (Wildman–Crippen MR) is 55.8 cm³/mol. The van der Waals surface area contributed by atoms with Gasteiger partial charge in [0.25, 0.3) is 0 Å². The average Bonchev–Trinajstić information content (AvgIpc) is 2.18. The molecule has 0 heterocycles. The Hall–Kier alpha value is -1.54. The molecule has 0 aliphatic rings. The predicted octanol–water partition coefficient (Wildman–Crippen LogP) is 3.58. The Kier molecular flexibility index (Phi) is 2.37. The number of carbonyl (C=O) groups is 1. The Morgan fingerprint density at radius 2 is 1.79 bits per heavy atom. The maximum absolute atomic E-state index is 10.6. The smallest absolute Gasteiger partial charge is 0.409 e. The van der Waals surface area contributed by atoms with E-state index in [-0.39, 0.29) is 0 Å². The van der Waals surface area contributed by atoms with Gasteiger partial charge >= 0.3 is 5.43 Å². The number of rotatable bonds is 1. The molecule has 0 amide bonds. The van der Waals surface area contributed by atoms with E-state index in [1.54, 1.807) is 6.07 Å². The van der Waals surface area contributed by atoms with Crippen molar-refractivity contribution >= 4 is 27.8 Å². The maximum Gasteiger partial charge on any atom is 0.409 e. The molecule has 0 spiro atoms. The molecule has 3 heteroatoms. The van der Waals surface area contributed by atoms with E-state index < -0.39 is 5.43 Å². The molecule has 0 bridgehead atoms. The number of hydrogen-bond donors (Lipinski definition) is 0. The molecule has 0 N–H and O–H groups in total. The Labute approximate surface area is 86.1 Å². The lowest BCUT2D eigenvalue weighted by atomic mass is 10.1. The van der Waals surface area contributed by atoms with Gasteiger partial charge in [-0.25, -0.2) is 4.79 Å². The van der Waals surface area contributed by atoms with Gasteiger partial charge < -0.3 is 4.74 Å². The summed E-state index contributed by atoms with van der Waals surface area (Å²) in [5, 5.41) is 1.90. The first-order valence-electron chi connectivity index (χ1n) is 4.12. The van der Waals surface area contributed by atoms with E-state index in [1.165, 1.54) is 0 Å². The molecule has 14 heavy (non-hydrogen) atoms. The van der Waals surface area contributed by atoms with E-state index in [1.807, 2.05) is 36.4 Å². The molecule has 0 fully saturated rings. The molecule has 2 rings (SSSR count). The van der Waals surface area contributed by atoms with Crippen LogP contribution in [0, 0.1) is 0 Å². The van der Waals surface area contributed by atoms with Crippen LogP contribution in [0.15, 0.2) is 42.5 Å². The highest BCUT2D eigenvalue weighted by Gasteiger charge is 2.03. The van der Waals surface area contributed by atoms with Gasteiger partial charge in [-0.1, -0.05) is 36.4 Å². The molecular weight excluding hydrogens is 200 g/mol. The fraction of sp³-hybridized carbons (Fsp3) is 0. The summed E-state index contributed by atoms with van der Waals surface area (Å²) in [5.41, 5.74) is -0.818. The lowest BCUT2D eigenvalue weighted by Crippen LogP contribution is -1.96. The Morgan fingerprint density at radius 3 is 2.57 bits per heavy atom. The largest absolute Gasteiger partial charge is 0.414 e. The van der Waals surface area contributed by atoms with Gasteiger partial charge in [-0.15, -0.1) is 0 Å². The third kappa shape index (κ3) is 1.70. The molecule has 0 saturated carbocycles. The number of benzene rings is 2. The highest BCUT2D eigenvalue weighted by atomic mass is 35.5. The fourth-order valence-electron chi connectivity index (χ4n) is 1.37. The molecular formula is C11H7ClO2. The molecule has 2 aromatic rings. The van der Waals surface area contributed by atoms with Crippen LogP contribution in [0.2, 0.25) is 0 Å². The SMILES string of the molecule is O=C(Cl)Oc1cccc2ccccc12. The Balaban J connectivity index is 2.59. The van der Waals surface area contributed by atoms with E-state index in [2.05, 4.69) is 0 Å². The second-order valence-corrected chi connectivity index (χ2v) is 3.13. The molecule has 2 aromatic carbocycles. The van der Waals surface area contributed by atoms with Crippen molar-refractivity contribution in [2.24, 2.45) is 0 Å². The summed E-state index contributed by atoms with van der Waals surface area (Å²) in [4.78, 5) is 10.6. The number of halogens is 1. The van der Waals surface area contributed by atoms with Crippen LogP contribution >= 0.6 is 11.6 Å². The van der Waals surface area contributed by atoms with Crippen molar-refractivity contribution in [3.05, 3.63) is 42.5 Å².